The first kappa shape index (κ1) is 12.4. The van der Waals surface area contributed by atoms with Crippen LogP contribution in [-0.2, 0) is 16.6 Å². The van der Waals surface area contributed by atoms with Crippen LogP contribution in [0.1, 0.15) is 31.2 Å². The van der Waals surface area contributed by atoms with Crippen LogP contribution in [0.5, 0.6) is 0 Å². The Labute approximate surface area is 102 Å². The second kappa shape index (κ2) is 5.06. The summed E-state index contributed by atoms with van der Waals surface area (Å²) in [6.45, 7) is -0.163. The van der Waals surface area contributed by atoms with Crippen molar-refractivity contribution in [2.45, 2.75) is 37.5 Å². The Kier molecular flexibility index (Phi) is 3.69. The normalized spacial score (nSPS) is 17.2. The number of benzene rings is 1. The van der Waals surface area contributed by atoms with Crippen LogP contribution in [-0.4, -0.2) is 18.8 Å². The summed E-state index contributed by atoms with van der Waals surface area (Å²) in [5, 5.41) is 8.86. The molecule has 1 aromatic carbocycles. The van der Waals surface area contributed by atoms with Gasteiger partial charge in [-0.2, -0.15) is 0 Å². The summed E-state index contributed by atoms with van der Waals surface area (Å²) in [5.74, 6) is 0. The van der Waals surface area contributed by atoms with E-state index in [9.17, 15) is 8.42 Å². The van der Waals surface area contributed by atoms with Crippen LogP contribution in [0.25, 0.3) is 0 Å². The third kappa shape index (κ3) is 2.79. The van der Waals surface area contributed by atoms with Gasteiger partial charge in [0.2, 0.25) is 10.0 Å². The lowest BCUT2D eigenvalue weighted by Gasteiger charge is -2.15. The molecular weight excluding hydrogens is 238 g/mol. The predicted octanol–water partition coefficient (Wildman–Crippen LogP) is 1.86. The number of hydrogen-bond acceptors (Lipinski definition) is 3. The van der Waals surface area contributed by atoms with Crippen molar-refractivity contribution >= 4 is 15.7 Å². The van der Waals surface area contributed by atoms with E-state index in [1.807, 2.05) is 0 Å². The van der Waals surface area contributed by atoms with Gasteiger partial charge < -0.3 is 5.11 Å². The van der Waals surface area contributed by atoms with E-state index in [0.29, 0.717) is 11.3 Å². The number of aliphatic hydroxyl groups is 1. The number of anilines is 1. The first-order chi connectivity index (χ1) is 8.13. The van der Waals surface area contributed by atoms with Crippen molar-refractivity contribution in [3.05, 3.63) is 29.8 Å². The summed E-state index contributed by atoms with van der Waals surface area (Å²) in [6.07, 6.45) is 3.42. The molecule has 0 bridgehead atoms. The number of nitrogens with one attached hydrogen (secondary N) is 1. The predicted molar refractivity (Wildman–Crippen MR) is 67.2 cm³/mol. The minimum atomic E-state index is -3.31. The Morgan fingerprint density at radius 3 is 2.53 bits per heavy atom. The summed E-state index contributed by atoms with van der Waals surface area (Å²) in [7, 11) is -3.31. The van der Waals surface area contributed by atoms with Crippen molar-refractivity contribution in [3.8, 4) is 0 Å². The molecule has 0 saturated heterocycles. The molecule has 1 aliphatic carbocycles. The number of sulfonamides is 1. The molecule has 0 aromatic heterocycles. The van der Waals surface area contributed by atoms with Gasteiger partial charge in [0.25, 0.3) is 0 Å². The average molecular weight is 255 g/mol. The van der Waals surface area contributed by atoms with Gasteiger partial charge in [-0.05, 0) is 18.9 Å². The van der Waals surface area contributed by atoms with E-state index in [0.717, 1.165) is 25.7 Å². The van der Waals surface area contributed by atoms with Gasteiger partial charge in [-0.1, -0.05) is 31.0 Å². The fraction of sp³-hybridized carbons (Fsp3) is 0.500. The molecule has 0 unspecified atom stereocenters. The van der Waals surface area contributed by atoms with Crippen LogP contribution in [0.15, 0.2) is 24.3 Å². The van der Waals surface area contributed by atoms with Crippen LogP contribution in [0.4, 0.5) is 5.69 Å². The highest BCUT2D eigenvalue weighted by Gasteiger charge is 2.28. The highest BCUT2D eigenvalue weighted by atomic mass is 32.2. The quantitative estimate of drug-likeness (QED) is 0.863. The third-order valence-electron chi connectivity index (χ3n) is 3.18. The van der Waals surface area contributed by atoms with Crippen molar-refractivity contribution in [2.24, 2.45) is 0 Å². The number of para-hydroxylation sites is 1. The molecule has 1 saturated carbocycles. The zero-order valence-electron chi connectivity index (χ0n) is 9.59. The summed E-state index contributed by atoms with van der Waals surface area (Å²) in [5.41, 5.74) is 1.09. The average Bonchev–Trinajstić information content (AvgIpc) is 2.83. The molecule has 4 nitrogen and oxygen atoms in total. The molecule has 2 rings (SSSR count). The third-order valence-corrected chi connectivity index (χ3v) is 5.03. The lowest BCUT2D eigenvalue weighted by atomic mass is 10.2. The number of hydrogen-bond donors (Lipinski definition) is 2. The van der Waals surface area contributed by atoms with Crippen molar-refractivity contribution in [2.75, 3.05) is 4.72 Å². The Hall–Kier alpha value is -1.07. The molecule has 0 spiro atoms. The minimum Gasteiger partial charge on any atom is -0.392 e. The molecule has 5 heteroatoms. The van der Waals surface area contributed by atoms with E-state index in [2.05, 4.69) is 4.72 Å². The van der Waals surface area contributed by atoms with E-state index in [1.54, 1.807) is 24.3 Å². The van der Waals surface area contributed by atoms with Crippen LogP contribution in [0, 0.1) is 0 Å². The second-order valence-electron chi connectivity index (χ2n) is 4.37. The Bertz CT molecular complexity index is 478. The number of rotatable bonds is 4. The molecule has 0 amide bonds. The highest BCUT2D eigenvalue weighted by Crippen LogP contribution is 2.27. The van der Waals surface area contributed by atoms with Gasteiger partial charge in [0.1, 0.15) is 0 Å². The van der Waals surface area contributed by atoms with Crippen LogP contribution < -0.4 is 4.72 Å². The smallest absolute Gasteiger partial charge is 0.235 e. The summed E-state index contributed by atoms with van der Waals surface area (Å²) < 4.78 is 26.7. The van der Waals surface area contributed by atoms with E-state index in [-0.39, 0.29) is 11.9 Å². The second-order valence-corrected chi connectivity index (χ2v) is 6.33. The molecular formula is C12H17NO3S. The monoisotopic (exact) mass is 255 g/mol. The maximum absolute atomic E-state index is 12.1. The van der Waals surface area contributed by atoms with E-state index in [1.165, 1.54) is 0 Å². The maximum Gasteiger partial charge on any atom is 0.235 e. The fourth-order valence-electron chi connectivity index (χ4n) is 2.19. The van der Waals surface area contributed by atoms with E-state index < -0.39 is 10.0 Å². The Morgan fingerprint density at radius 1 is 1.24 bits per heavy atom. The Morgan fingerprint density at radius 2 is 1.88 bits per heavy atom. The summed E-state index contributed by atoms with van der Waals surface area (Å²) >= 11 is 0. The molecule has 1 aliphatic rings. The van der Waals surface area contributed by atoms with Gasteiger partial charge in [-0.25, -0.2) is 8.42 Å². The number of aliphatic hydroxyl groups excluding tert-OH is 1. The first-order valence-corrected chi connectivity index (χ1v) is 7.38. The minimum absolute atomic E-state index is 0.163. The largest absolute Gasteiger partial charge is 0.392 e. The van der Waals surface area contributed by atoms with Gasteiger partial charge in [0.15, 0.2) is 0 Å². The van der Waals surface area contributed by atoms with E-state index in [4.69, 9.17) is 5.11 Å². The van der Waals surface area contributed by atoms with Crippen LogP contribution in [0.3, 0.4) is 0 Å². The van der Waals surface area contributed by atoms with Gasteiger partial charge in [0, 0.05) is 5.56 Å². The summed E-state index contributed by atoms with van der Waals surface area (Å²) in [4.78, 5) is 0. The standard InChI is InChI=1S/C12H17NO3S/c14-9-10-5-1-4-8-12(10)13-17(15,16)11-6-2-3-7-11/h1,4-5,8,11,13-14H,2-3,6-7,9H2. The highest BCUT2D eigenvalue weighted by molar-refractivity contribution is 7.93. The zero-order chi connectivity index (χ0) is 12.3. The first-order valence-electron chi connectivity index (χ1n) is 5.84. The topological polar surface area (TPSA) is 66.4 Å². The van der Waals surface area contributed by atoms with Gasteiger partial charge in [0.05, 0.1) is 17.5 Å². The fourth-order valence-corrected chi connectivity index (χ4v) is 3.82. The molecule has 0 heterocycles. The molecule has 17 heavy (non-hydrogen) atoms. The lowest BCUT2D eigenvalue weighted by Crippen LogP contribution is -2.25. The summed E-state index contributed by atoms with van der Waals surface area (Å²) in [6, 6.07) is 6.93. The van der Waals surface area contributed by atoms with Crippen LogP contribution >= 0.6 is 0 Å². The molecule has 1 aromatic rings. The molecule has 0 atom stereocenters. The molecule has 2 N–H and O–H groups in total. The SMILES string of the molecule is O=S(=O)(Nc1ccccc1CO)C1CCCC1. The van der Waals surface area contributed by atoms with E-state index >= 15 is 0 Å². The Balaban J connectivity index is 2.19. The molecule has 0 aliphatic heterocycles. The lowest BCUT2D eigenvalue weighted by molar-refractivity contribution is 0.282. The van der Waals surface area contributed by atoms with Crippen molar-refractivity contribution in [1.29, 1.82) is 0 Å². The van der Waals surface area contributed by atoms with Crippen LogP contribution in [0.2, 0.25) is 0 Å². The van der Waals surface area contributed by atoms with Crippen molar-refractivity contribution < 1.29 is 13.5 Å². The van der Waals surface area contributed by atoms with Gasteiger partial charge >= 0.3 is 0 Å². The van der Waals surface area contributed by atoms with Crippen molar-refractivity contribution in [1.82, 2.24) is 0 Å². The van der Waals surface area contributed by atoms with Gasteiger partial charge in [-0.3, -0.25) is 4.72 Å². The molecule has 1 fully saturated rings. The van der Waals surface area contributed by atoms with Crippen molar-refractivity contribution in [3.63, 3.8) is 0 Å². The zero-order valence-corrected chi connectivity index (χ0v) is 10.4. The maximum atomic E-state index is 12.1. The molecule has 0 radical (unpaired) electrons. The molecule has 94 valence electrons. The van der Waals surface area contributed by atoms with Gasteiger partial charge in [-0.15, -0.1) is 0 Å².